The van der Waals surface area contributed by atoms with Crippen molar-refractivity contribution in [3.05, 3.63) is 23.2 Å². The molecule has 6 heteroatoms. The Bertz CT molecular complexity index is 428. The van der Waals surface area contributed by atoms with Crippen molar-refractivity contribution < 1.29 is 29.0 Å². The Balaban J connectivity index is 3.24. The molecule has 80 valence electrons. The summed E-state index contributed by atoms with van der Waals surface area (Å²) in [4.78, 5) is 32.1. The number of carbonyl (C=O) groups is 3. The van der Waals surface area contributed by atoms with Crippen LogP contribution in [0.3, 0.4) is 0 Å². The lowest BCUT2D eigenvalue weighted by atomic mass is 10.1. The molecule has 0 amide bonds. The smallest absolute Gasteiger partial charge is 0.340 e. The molecule has 0 aliphatic rings. The van der Waals surface area contributed by atoms with Crippen molar-refractivity contribution in [1.82, 2.24) is 0 Å². The first-order chi connectivity index (χ1) is 6.93. The summed E-state index contributed by atoms with van der Waals surface area (Å²) in [5.41, 5.74) is -0.906. The number of Topliss-reactive ketones (excluding diaryl/α,β-unsaturated/α-hetero) is 1. The normalized spacial score (nSPS) is 9.93. The molecule has 0 saturated carbocycles. The number of furan rings is 1. The minimum atomic E-state index is -1.42. The van der Waals surface area contributed by atoms with Crippen LogP contribution in [0.4, 0.5) is 0 Å². The van der Waals surface area contributed by atoms with Crippen LogP contribution < -0.4 is 0 Å². The Hall–Kier alpha value is -2.11. The zero-order chi connectivity index (χ0) is 11.6. The van der Waals surface area contributed by atoms with Gasteiger partial charge in [-0.05, 0) is 6.92 Å². The molecule has 0 fully saturated rings. The number of hydrogen-bond donors (Lipinski definition) is 2. The lowest BCUT2D eigenvalue weighted by Crippen LogP contribution is -2.09. The summed E-state index contributed by atoms with van der Waals surface area (Å²) < 4.78 is 4.75. The monoisotopic (exact) mass is 212 g/mol. The standard InChI is InChI=1S/C9H8O6/c1-4(10)2-6-7(9(13)14)5(3-15-6)8(11)12/h3H,2H2,1H3,(H,11,12)(H,13,14). The van der Waals surface area contributed by atoms with Crippen molar-refractivity contribution in [1.29, 1.82) is 0 Å². The maximum atomic E-state index is 10.8. The number of carboxylic acid groups (broad SMARTS) is 2. The second-order valence-corrected chi connectivity index (χ2v) is 2.94. The summed E-state index contributed by atoms with van der Waals surface area (Å²) >= 11 is 0. The molecule has 1 aromatic rings. The summed E-state index contributed by atoms with van der Waals surface area (Å²) in [6, 6.07) is 0. The van der Waals surface area contributed by atoms with Crippen LogP contribution in [-0.2, 0) is 11.2 Å². The lowest BCUT2D eigenvalue weighted by Gasteiger charge is -1.95. The number of ketones is 1. The zero-order valence-electron chi connectivity index (χ0n) is 7.81. The highest BCUT2D eigenvalue weighted by Gasteiger charge is 2.24. The topological polar surface area (TPSA) is 105 Å². The minimum Gasteiger partial charge on any atom is -0.478 e. The first-order valence-electron chi connectivity index (χ1n) is 4.00. The molecule has 0 spiro atoms. The average molecular weight is 212 g/mol. The highest BCUT2D eigenvalue weighted by Crippen LogP contribution is 2.18. The number of hydrogen-bond acceptors (Lipinski definition) is 4. The summed E-state index contributed by atoms with van der Waals surface area (Å²) in [6.07, 6.45) is 0.596. The molecule has 15 heavy (non-hydrogen) atoms. The summed E-state index contributed by atoms with van der Waals surface area (Å²) in [6.45, 7) is 1.26. The second kappa shape index (κ2) is 3.95. The SMILES string of the molecule is CC(=O)Cc1occ(C(=O)O)c1C(=O)O. The fraction of sp³-hybridized carbons (Fsp3) is 0.222. The van der Waals surface area contributed by atoms with E-state index in [9.17, 15) is 14.4 Å². The van der Waals surface area contributed by atoms with Gasteiger partial charge in [-0.15, -0.1) is 0 Å². The van der Waals surface area contributed by atoms with E-state index in [1.54, 1.807) is 0 Å². The lowest BCUT2D eigenvalue weighted by molar-refractivity contribution is -0.116. The van der Waals surface area contributed by atoms with E-state index in [0.717, 1.165) is 6.26 Å². The van der Waals surface area contributed by atoms with Crippen LogP contribution in [-0.4, -0.2) is 27.9 Å². The molecule has 6 nitrogen and oxygen atoms in total. The molecule has 2 N–H and O–H groups in total. The molecule has 0 aliphatic heterocycles. The zero-order valence-corrected chi connectivity index (χ0v) is 7.81. The van der Waals surface area contributed by atoms with Crippen LogP contribution in [0, 0.1) is 0 Å². The van der Waals surface area contributed by atoms with Gasteiger partial charge in [-0.2, -0.15) is 0 Å². The number of carbonyl (C=O) groups excluding carboxylic acids is 1. The number of aromatic carboxylic acids is 2. The fourth-order valence-electron chi connectivity index (χ4n) is 1.15. The van der Waals surface area contributed by atoms with Gasteiger partial charge in [0, 0.05) is 0 Å². The van der Waals surface area contributed by atoms with Crippen molar-refractivity contribution in [3.8, 4) is 0 Å². The van der Waals surface area contributed by atoms with Crippen molar-refractivity contribution >= 4 is 17.7 Å². The quantitative estimate of drug-likeness (QED) is 0.764. The summed E-state index contributed by atoms with van der Waals surface area (Å²) in [5, 5.41) is 17.4. The molecular weight excluding hydrogens is 204 g/mol. The molecule has 0 saturated heterocycles. The van der Waals surface area contributed by atoms with Gasteiger partial charge in [-0.25, -0.2) is 9.59 Å². The van der Waals surface area contributed by atoms with Crippen LogP contribution in [0.25, 0.3) is 0 Å². The molecule has 0 aromatic carbocycles. The highest BCUT2D eigenvalue weighted by atomic mass is 16.4. The van der Waals surface area contributed by atoms with E-state index in [1.807, 2.05) is 0 Å². The molecule has 1 aromatic heterocycles. The summed E-state index contributed by atoms with van der Waals surface area (Å²) in [7, 11) is 0. The van der Waals surface area contributed by atoms with Gasteiger partial charge in [0.25, 0.3) is 0 Å². The van der Waals surface area contributed by atoms with Gasteiger partial charge in [-0.1, -0.05) is 0 Å². The third-order valence-corrected chi connectivity index (χ3v) is 1.72. The first-order valence-corrected chi connectivity index (χ1v) is 4.00. The molecule has 1 heterocycles. The molecule has 0 bridgehead atoms. The van der Waals surface area contributed by atoms with Crippen molar-refractivity contribution in [3.63, 3.8) is 0 Å². The van der Waals surface area contributed by atoms with Gasteiger partial charge < -0.3 is 14.6 Å². The molecular formula is C9H8O6. The van der Waals surface area contributed by atoms with E-state index in [-0.39, 0.29) is 18.0 Å². The maximum absolute atomic E-state index is 10.8. The average Bonchev–Trinajstić information content (AvgIpc) is 2.46. The Morgan fingerprint density at radius 3 is 2.27 bits per heavy atom. The highest BCUT2D eigenvalue weighted by molar-refractivity contribution is 6.02. The van der Waals surface area contributed by atoms with E-state index in [1.165, 1.54) is 6.92 Å². The summed E-state index contributed by atoms with van der Waals surface area (Å²) in [5.74, 6) is -3.25. The maximum Gasteiger partial charge on any atom is 0.340 e. The van der Waals surface area contributed by atoms with E-state index in [0.29, 0.717) is 0 Å². The number of carboxylic acids is 2. The predicted molar refractivity (Wildman–Crippen MR) is 47.0 cm³/mol. The largest absolute Gasteiger partial charge is 0.478 e. The molecule has 0 unspecified atom stereocenters. The van der Waals surface area contributed by atoms with Gasteiger partial charge in [0.2, 0.25) is 0 Å². The third kappa shape index (κ3) is 2.22. The van der Waals surface area contributed by atoms with Crippen LogP contribution in [0.1, 0.15) is 33.4 Å². The Morgan fingerprint density at radius 2 is 1.87 bits per heavy atom. The van der Waals surface area contributed by atoms with Crippen LogP contribution in [0.2, 0.25) is 0 Å². The third-order valence-electron chi connectivity index (χ3n) is 1.72. The van der Waals surface area contributed by atoms with E-state index in [2.05, 4.69) is 0 Å². The molecule has 0 aliphatic carbocycles. The first kappa shape index (κ1) is 11.0. The Labute approximate surface area is 84.1 Å². The van der Waals surface area contributed by atoms with Crippen LogP contribution in [0.15, 0.2) is 10.7 Å². The van der Waals surface area contributed by atoms with Crippen LogP contribution >= 0.6 is 0 Å². The molecule has 1 rings (SSSR count). The predicted octanol–water partition coefficient (Wildman–Crippen LogP) is 0.808. The molecule has 0 atom stereocenters. The second-order valence-electron chi connectivity index (χ2n) is 2.94. The van der Waals surface area contributed by atoms with Crippen molar-refractivity contribution in [2.45, 2.75) is 13.3 Å². The van der Waals surface area contributed by atoms with Gasteiger partial charge in [-0.3, -0.25) is 4.79 Å². The fourth-order valence-corrected chi connectivity index (χ4v) is 1.15. The van der Waals surface area contributed by atoms with Crippen molar-refractivity contribution in [2.24, 2.45) is 0 Å². The van der Waals surface area contributed by atoms with Gasteiger partial charge in [0.05, 0.1) is 6.42 Å². The Morgan fingerprint density at radius 1 is 1.27 bits per heavy atom. The van der Waals surface area contributed by atoms with Crippen LogP contribution in [0.5, 0.6) is 0 Å². The van der Waals surface area contributed by atoms with E-state index < -0.39 is 23.1 Å². The van der Waals surface area contributed by atoms with E-state index >= 15 is 0 Å². The Kier molecular flexibility index (Phi) is 2.89. The molecule has 0 radical (unpaired) electrons. The number of rotatable bonds is 4. The van der Waals surface area contributed by atoms with Gasteiger partial charge in [0.1, 0.15) is 28.9 Å². The minimum absolute atomic E-state index is 0.132. The van der Waals surface area contributed by atoms with E-state index in [4.69, 9.17) is 14.6 Å². The van der Waals surface area contributed by atoms with Crippen molar-refractivity contribution in [2.75, 3.05) is 0 Å². The van der Waals surface area contributed by atoms with Gasteiger partial charge in [0.15, 0.2) is 0 Å². The van der Waals surface area contributed by atoms with Gasteiger partial charge >= 0.3 is 11.9 Å².